The summed E-state index contributed by atoms with van der Waals surface area (Å²) in [5.41, 5.74) is 1.91. The van der Waals surface area contributed by atoms with E-state index in [0.717, 1.165) is 16.8 Å². The minimum atomic E-state index is -1.28. The molecule has 10 heteroatoms. The van der Waals surface area contributed by atoms with Gasteiger partial charge in [-0.2, -0.15) is 0 Å². The van der Waals surface area contributed by atoms with Crippen LogP contribution in [-0.4, -0.2) is 76.7 Å². The molecule has 0 unspecified atom stereocenters. The molecule has 0 aromatic heterocycles. The van der Waals surface area contributed by atoms with Gasteiger partial charge < -0.3 is 29.7 Å². The molecule has 2 aromatic rings. The van der Waals surface area contributed by atoms with Crippen molar-refractivity contribution in [1.29, 1.82) is 0 Å². The lowest BCUT2D eigenvalue weighted by Crippen LogP contribution is -2.58. The van der Waals surface area contributed by atoms with Gasteiger partial charge in [0.05, 0.1) is 36.6 Å². The average molecular weight is 658 g/mol. The van der Waals surface area contributed by atoms with Crippen LogP contribution in [0, 0.1) is 25.7 Å². The number of fused-ring (bicyclic) bond motifs is 1. The monoisotopic (exact) mass is 657 g/mol. The van der Waals surface area contributed by atoms with E-state index in [-0.39, 0.29) is 31.4 Å². The van der Waals surface area contributed by atoms with Crippen molar-refractivity contribution in [3.8, 4) is 0 Å². The van der Waals surface area contributed by atoms with E-state index in [1.807, 2.05) is 62.4 Å². The van der Waals surface area contributed by atoms with Crippen LogP contribution in [0.2, 0.25) is 0 Å². The highest BCUT2D eigenvalue weighted by atomic mass is 16.6. The molecular weight excluding hydrogens is 610 g/mol. The molecule has 5 rings (SSSR count). The standard InChI is InChI=1S/C38H47N3O7/c1-7-9-18-29(43)39-26(6)33(27-16-11-10-12-17-27)47-37(46)30-28-19-20-38(48-28)31(30)35(44)41(25(5)22-42)34(38)36(45)40(21-8-2)32-23(3)14-13-15-24(32)4/h7-8,10-17,25-26,28,30-31,33-34,42H,1-2,9,18-22H2,3-6H3,(H,39,43)/t25-,26-,28-,30+,31+,33-,34-,38+/m1/s1. The van der Waals surface area contributed by atoms with E-state index in [0.29, 0.717) is 24.8 Å². The Bertz CT molecular complexity index is 1540. The second-order valence-electron chi connectivity index (χ2n) is 13.3. The zero-order valence-electron chi connectivity index (χ0n) is 28.3. The quantitative estimate of drug-likeness (QED) is 0.229. The number of hydrogen-bond acceptors (Lipinski definition) is 7. The molecule has 0 saturated carbocycles. The number of carbonyl (C=O) groups excluding carboxylic acids is 4. The first-order valence-corrected chi connectivity index (χ1v) is 16.8. The zero-order chi connectivity index (χ0) is 34.7. The second kappa shape index (κ2) is 14.5. The van der Waals surface area contributed by atoms with Crippen molar-refractivity contribution < 1.29 is 33.8 Å². The van der Waals surface area contributed by atoms with E-state index in [9.17, 15) is 24.3 Å². The van der Waals surface area contributed by atoms with Crippen molar-refractivity contribution in [3.63, 3.8) is 0 Å². The van der Waals surface area contributed by atoms with Crippen molar-refractivity contribution in [1.82, 2.24) is 10.2 Å². The summed E-state index contributed by atoms with van der Waals surface area (Å²) in [5, 5.41) is 13.2. The summed E-state index contributed by atoms with van der Waals surface area (Å²) in [6, 6.07) is 12.6. The first kappa shape index (κ1) is 35.0. The van der Waals surface area contributed by atoms with Crippen LogP contribution in [0.3, 0.4) is 0 Å². The number of aliphatic hydroxyl groups excluding tert-OH is 1. The van der Waals surface area contributed by atoms with Crippen LogP contribution in [0.1, 0.15) is 62.3 Å². The Kier molecular flexibility index (Phi) is 10.6. The molecule has 0 aliphatic carbocycles. The number of amides is 3. The van der Waals surface area contributed by atoms with Gasteiger partial charge in [0.2, 0.25) is 11.8 Å². The third kappa shape index (κ3) is 6.19. The van der Waals surface area contributed by atoms with E-state index >= 15 is 0 Å². The highest BCUT2D eigenvalue weighted by molar-refractivity contribution is 6.05. The van der Waals surface area contributed by atoms with Gasteiger partial charge in [-0.15, -0.1) is 13.2 Å². The van der Waals surface area contributed by atoms with Gasteiger partial charge in [-0.25, -0.2) is 0 Å². The molecule has 2 bridgehead atoms. The number of nitrogens with one attached hydrogen (secondary N) is 1. The molecule has 8 atom stereocenters. The lowest BCUT2D eigenvalue weighted by Gasteiger charge is -2.39. The fourth-order valence-corrected chi connectivity index (χ4v) is 7.94. The maximum Gasteiger partial charge on any atom is 0.313 e. The van der Waals surface area contributed by atoms with Gasteiger partial charge in [-0.1, -0.05) is 60.7 Å². The van der Waals surface area contributed by atoms with Gasteiger partial charge in [-0.05, 0) is 63.6 Å². The number of benzene rings is 2. The van der Waals surface area contributed by atoms with Gasteiger partial charge >= 0.3 is 5.97 Å². The van der Waals surface area contributed by atoms with E-state index in [4.69, 9.17) is 9.47 Å². The first-order chi connectivity index (χ1) is 23.0. The smallest absolute Gasteiger partial charge is 0.313 e. The van der Waals surface area contributed by atoms with E-state index in [1.165, 1.54) is 4.90 Å². The molecule has 0 radical (unpaired) electrons. The SMILES string of the molecule is C=CCCC(=O)N[C@H](C)[C@@H](OC(=O)[C@@H]1[C@H]2C(=O)N([C@H](C)CO)[C@H](C(=O)N(CC=C)c3c(C)cccc3C)[C@]23CC[C@H]1O3)c1ccccc1. The molecule has 3 aliphatic heterocycles. The molecule has 3 amide bonds. The van der Waals surface area contributed by atoms with Gasteiger partial charge in [0.15, 0.2) is 0 Å². The molecule has 3 aliphatic rings. The van der Waals surface area contributed by atoms with Crippen molar-refractivity contribution in [2.24, 2.45) is 11.8 Å². The van der Waals surface area contributed by atoms with Gasteiger partial charge in [0.1, 0.15) is 17.7 Å². The Morgan fingerprint density at radius 1 is 1.10 bits per heavy atom. The summed E-state index contributed by atoms with van der Waals surface area (Å²) in [4.78, 5) is 59.2. The van der Waals surface area contributed by atoms with Crippen molar-refractivity contribution in [3.05, 3.63) is 90.5 Å². The Hall–Kier alpha value is -4.28. The lowest BCUT2D eigenvalue weighted by atomic mass is 9.70. The minimum absolute atomic E-state index is 0.196. The van der Waals surface area contributed by atoms with Gasteiger partial charge in [0.25, 0.3) is 5.91 Å². The zero-order valence-corrected chi connectivity index (χ0v) is 28.3. The predicted molar refractivity (Wildman–Crippen MR) is 182 cm³/mol. The summed E-state index contributed by atoms with van der Waals surface area (Å²) in [6.07, 6.45) is 3.46. The molecule has 2 N–H and O–H groups in total. The molecular formula is C38H47N3O7. The number of nitrogens with zero attached hydrogens (tertiary/aromatic N) is 2. The number of carbonyl (C=O) groups is 4. The summed E-state index contributed by atoms with van der Waals surface area (Å²) in [7, 11) is 0. The number of para-hydroxylation sites is 1. The molecule has 3 saturated heterocycles. The fourth-order valence-electron chi connectivity index (χ4n) is 7.94. The molecule has 2 aromatic carbocycles. The molecule has 1 spiro atoms. The van der Waals surface area contributed by atoms with Gasteiger partial charge in [-0.3, -0.25) is 19.2 Å². The summed E-state index contributed by atoms with van der Waals surface area (Å²) in [5.74, 6) is -3.54. The number of likely N-dealkylation sites (tertiary alicyclic amines) is 1. The maximum absolute atomic E-state index is 14.8. The lowest BCUT2D eigenvalue weighted by molar-refractivity contribution is -0.162. The third-order valence-electron chi connectivity index (χ3n) is 10.1. The van der Waals surface area contributed by atoms with E-state index < -0.39 is 59.6 Å². The van der Waals surface area contributed by atoms with Crippen LogP contribution < -0.4 is 10.2 Å². The van der Waals surface area contributed by atoms with E-state index in [2.05, 4.69) is 18.5 Å². The largest absolute Gasteiger partial charge is 0.455 e. The third-order valence-corrected chi connectivity index (χ3v) is 10.1. The summed E-state index contributed by atoms with van der Waals surface area (Å²) in [6.45, 7) is 14.7. The van der Waals surface area contributed by atoms with Crippen LogP contribution in [0.15, 0.2) is 73.8 Å². The number of aliphatic hydroxyl groups is 1. The first-order valence-electron chi connectivity index (χ1n) is 16.8. The molecule has 3 heterocycles. The normalized spacial score (nSPS) is 25.9. The van der Waals surface area contributed by atoms with Crippen LogP contribution in [-0.2, 0) is 28.7 Å². The number of aryl methyl sites for hydroxylation is 2. The van der Waals surface area contributed by atoms with Crippen LogP contribution in [0.25, 0.3) is 0 Å². The number of hydrogen-bond donors (Lipinski definition) is 2. The van der Waals surface area contributed by atoms with Crippen molar-refractivity contribution in [2.45, 2.75) is 89.3 Å². The fraction of sp³-hybridized carbons (Fsp3) is 0.474. The Balaban J connectivity index is 1.50. The predicted octanol–water partition coefficient (Wildman–Crippen LogP) is 4.33. The summed E-state index contributed by atoms with van der Waals surface area (Å²) < 4.78 is 12.8. The average Bonchev–Trinajstić information content (AvgIpc) is 3.72. The van der Waals surface area contributed by atoms with Crippen molar-refractivity contribution in [2.75, 3.05) is 18.1 Å². The van der Waals surface area contributed by atoms with Gasteiger partial charge in [0, 0.05) is 18.7 Å². The number of rotatable bonds is 14. The topological polar surface area (TPSA) is 125 Å². The Morgan fingerprint density at radius 2 is 1.79 bits per heavy atom. The maximum atomic E-state index is 14.8. The van der Waals surface area contributed by atoms with Crippen LogP contribution in [0.5, 0.6) is 0 Å². The summed E-state index contributed by atoms with van der Waals surface area (Å²) >= 11 is 0. The molecule has 3 fully saturated rings. The van der Waals surface area contributed by atoms with E-state index in [1.54, 1.807) is 30.9 Å². The number of esters is 1. The number of allylic oxidation sites excluding steroid dienone is 1. The highest BCUT2D eigenvalue weighted by Gasteiger charge is 2.75. The van der Waals surface area contributed by atoms with Crippen molar-refractivity contribution >= 4 is 29.4 Å². The Labute approximate surface area is 282 Å². The van der Waals surface area contributed by atoms with Crippen LogP contribution in [0.4, 0.5) is 5.69 Å². The minimum Gasteiger partial charge on any atom is -0.455 e. The molecule has 48 heavy (non-hydrogen) atoms. The molecule has 256 valence electrons. The van der Waals surface area contributed by atoms with Crippen LogP contribution >= 0.6 is 0 Å². The number of ether oxygens (including phenoxy) is 2. The Morgan fingerprint density at radius 3 is 2.42 bits per heavy atom. The highest BCUT2D eigenvalue weighted by Crippen LogP contribution is 2.59. The second-order valence-corrected chi connectivity index (χ2v) is 13.3. The molecule has 10 nitrogen and oxygen atoms in total. The number of anilines is 1.